The van der Waals surface area contributed by atoms with Crippen LogP contribution >= 0.6 is 0 Å². The van der Waals surface area contributed by atoms with Gasteiger partial charge in [-0.2, -0.15) is 0 Å². The Morgan fingerprint density at radius 2 is 2.00 bits per heavy atom. The van der Waals surface area contributed by atoms with Crippen molar-refractivity contribution < 1.29 is 4.42 Å². The third kappa shape index (κ3) is 2.22. The van der Waals surface area contributed by atoms with Crippen molar-refractivity contribution in [2.45, 2.75) is 33.2 Å². The molecule has 1 unspecified atom stereocenters. The van der Waals surface area contributed by atoms with E-state index in [-0.39, 0.29) is 11.5 Å². The summed E-state index contributed by atoms with van der Waals surface area (Å²) in [6.45, 7) is 6.75. The van der Waals surface area contributed by atoms with E-state index in [1.165, 1.54) is 5.39 Å². The highest BCUT2D eigenvalue weighted by molar-refractivity contribution is 5.77. The van der Waals surface area contributed by atoms with Gasteiger partial charge in [-0.1, -0.05) is 39.0 Å². The quantitative estimate of drug-likeness (QED) is 0.856. The van der Waals surface area contributed by atoms with E-state index in [9.17, 15) is 0 Å². The summed E-state index contributed by atoms with van der Waals surface area (Å²) in [5.41, 5.74) is 1.15. The minimum absolute atomic E-state index is 0.183. The van der Waals surface area contributed by atoms with Crippen LogP contribution in [0.25, 0.3) is 11.0 Å². The fraction of sp³-hybridized carbons (Fsp3) is 0.467. The molecule has 0 saturated heterocycles. The molecule has 0 radical (unpaired) electrons. The van der Waals surface area contributed by atoms with Gasteiger partial charge >= 0.3 is 0 Å². The van der Waals surface area contributed by atoms with Crippen LogP contribution in [0.3, 0.4) is 0 Å². The molecule has 2 heteroatoms. The van der Waals surface area contributed by atoms with Crippen LogP contribution in [0.2, 0.25) is 0 Å². The minimum Gasteiger partial charge on any atom is -0.459 e. The van der Waals surface area contributed by atoms with Crippen LogP contribution in [0.1, 0.15) is 39.0 Å². The van der Waals surface area contributed by atoms with Crippen LogP contribution in [0.15, 0.2) is 34.7 Å². The third-order valence-electron chi connectivity index (χ3n) is 3.71. The summed E-state index contributed by atoms with van der Waals surface area (Å²) >= 11 is 0. The van der Waals surface area contributed by atoms with E-state index in [1.807, 2.05) is 25.2 Å². The summed E-state index contributed by atoms with van der Waals surface area (Å²) in [6, 6.07) is 10.6. The molecule has 1 aromatic heterocycles. The molecular weight excluding hydrogens is 210 g/mol. The Bertz CT molecular complexity index is 465. The summed E-state index contributed by atoms with van der Waals surface area (Å²) in [5.74, 6) is 1.03. The van der Waals surface area contributed by atoms with Crippen molar-refractivity contribution in [3.8, 4) is 0 Å². The van der Waals surface area contributed by atoms with E-state index >= 15 is 0 Å². The maximum Gasteiger partial charge on any atom is 0.134 e. The standard InChI is InChI=1S/C15H21NO/c1-5-15(2,3)14(16-4)13-10-11-8-6-7-9-12(11)17-13/h6-10,14,16H,5H2,1-4H3. The molecule has 17 heavy (non-hydrogen) atoms. The molecule has 0 aliphatic carbocycles. The average Bonchev–Trinajstić information content (AvgIpc) is 2.72. The van der Waals surface area contributed by atoms with Gasteiger partial charge in [-0.05, 0) is 31.0 Å². The van der Waals surface area contributed by atoms with Crippen LogP contribution in [-0.2, 0) is 0 Å². The highest BCUT2D eigenvalue weighted by Crippen LogP contribution is 2.38. The fourth-order valence-electron chi connectivity index (χ4n) is 2.27. The normalized spacial score (nSPS) is 14.1. The van der Waals surface area contributed by atoms with E-state index in [0.29, 0.717) is 0 Å². The van der Waals surface area contributed by atoms with E-state index in [2.05, 4.69) is 38.2 Å². The number of benzene rings is 1. The van der Waals surface area contributed by atoms with Gasteiger partial charge in [-0.3, -0.25) is 0 Å². The first-order chi connectivity index (χ1) is 8.08. The Hall–Kier alpha value is -1.28. The summed E-state index contributed by atoms with van der Waals surface area (Å²) in [5, 5.41) is 4.55. The van der Waals surface area contributed by atoms with Gasteiger partial charge in [0.05, 0.1) is 6.04 Å². The Kier molecular flexibility index (Phi) is 3.25. The molecule has 0 amide bonds. The van der Waals surface area contributed by atoms with Crippen LogP contribution in [-0.4, -0.2) is 7.05 Å². The molecule has 0 fully saturated rings. The van der Waals surface area contributed by atoms with Crippen molar-refractivity contribution in [1.29, 1.82) is 0 Å². The Morgan fingerprint density at radius 1 is 1.29 bits per heavy atom. The van der Waals surface area contributed by atoms with Crippen LogP contribution < -0.4 is 5.32 Å². The first-order valence-corrected chi connectivity index (χ1v) is 6.24. The summed E-state index contributed by atoms with van der Waals surface area (Å²) in [6.07, 6.45) is 1.11. The number of hydrogen-bond acceptors (Lipinski definition) is 2. The maximum absolute atomic E-state index is 5.95. The molecule has 2 nitrogen and oxygen atoms in total. The summed E-state index contributed by atoms with van der Waals surface area (Å²) in [4.78, 5) is 0. The first kappa shape index (κ1) is 12.2. The van der Waals surface area contributed by atoms with Crippen molar-refractivity contribution in [2.75, 3.05) is 7.05 Å². The molecule has 1 atom stereocenters. The van der Waals surface area contributed by atoms with Gasteiger partial charge in [0.25, 0.3) is 0 Å². The Labute approximate surface area is 103 Å². The predicted octanol–water partition coefficient (Wildman–Crippen LogP) is 4.13. The van der Waals surface area contributed by atoms with Crippen molar-refractivity contribution >= 4 is 11.0 Å². The molecule has 0 spiro atoms. The van der Waals surface area contributed by atoms with E-state index in [4.69, 9.17) is 4.42 Å². The molecule has 0 bridgehead atoms. The topological polar surface area (TPSA) is 25.2 Å². The van der Waals surface area contributed by atoms with Gasteiger partial charge in [0.15, 0.2) is 0 Å². The zero-order valence-corrected chi connectivity index (χ0v) is 11.1. The van der Waals surface area contributed by atoms with Crippen molar-refractivity contribution in [3.63, 3.8) is 0 Å². The van der Waals surface area contributed by atoms with Crippen LogP contribution in [0.4, 0.5) is 0 Å². The lowest BCUT2D eigenvalue weighted by atomic mass is 9.80. The largest absolute Gasteiger partial charge is 0.459 e. The number of rotatable bonds is 4. The van der Waals surface area contributed by atoms with Gasteiger partial charge in [-0.25, -0.2) is 0 Å². The van der Waals surface area contributed by atoms with Gasteiger partial charge < -0.3 is 9.73 Å². The fourth-order valence-corrected chi connectivity index (χ4v) is 2.27. The molecule has 0 aliphatic rings. The lowest BCUT2D eigenvalue weighted by Gasteiger charge is -2.31. The highest BCUT2D eigenvalue weighted by atomic mass is 16.3. The minimum atomic E-state index is 0.183. The second-order valence-corrected chi connectivity index (χ2v) is 5.25. The number of fused-ring (bicyclic) bond motifs is 1. The molecule has 0 aliphatic heterocycles. The monoisotopic (exact) mass is 231 g/mol. The van der Waals surface area contributed by atoms with Crippen molar-refractivity contribution in [2.24, 2.45) is 5.41 Å². The molecule has 92 valence electrons. The summed E-state index contributed by atoms with van der Waals surface area (Å²) in [7, 11) is 2.00. The van der Waals surface area contributed by atoms with Gasteiger partial charge in [0, 0.05) is 5.39 Å². The van der Waals surface area contributed by atoms with E-state index < -0.39 is 0 Å². The molecule has 2 rings (SSSR count). The van der Waals surface area contributed by atoms with E-state index in [0.717, 1.165) is 17.8 Å². The lowest BCUT2D eigenvalue weighted by molar-refractivity contribution is 0.219. The lowest BCUT2D eigenvalue weighted by Crippen LogP contribution is -2.31. The zero-order chi connectivity index (χ0) is 12.5. The first-order valence-electron chi connectivity index (χ1n) is 6.24. The van der Waals surface area contributed by atoms with Gasteiger partial charge in [0.1, 0.15) is 11.3 Å². The Balaban J connectivity index is 2.43. The Morgan fingerprint density at radius 3 is 2.59 bits per heavy atom. The second-order valence-electron chi connectivity index (χ2n) is 5.25. The number of furan rings is 1. The smallest absolute Gasteiger partial charge is 0.134 e. The summed E-state index contributed by atoms with van der Waals surface area (Å²) < 4.78 is 5.95. The number of para-hydroxylation sites is 1. The van der Waals surface area contributed by atoms with Crippen molar-refractivity contribution in [1.82, 2.24) is 5.32 Å². The third-order valence-corrected chi connectivity index (χ3v) is 3.71. The second kappa shape index (κ2) is 4.53. The highest BCUT2D eigenvalue weighted by Gasteiger charge is 2.30. The predicted molar refractivity (Wildman–Crippen MR) is 72.1 cm³/mol. The van der Waals surface area contributed by atoms with Gasteiger partial charge in [-0.15, -0.1) is 0 Å². The average molecular weight is 231 g/mol. The molecule has 1 N–H and O–H groups in total. The van der Waals surface area contributed by atoms with Crippen LogP contribution in [0, 0.1) is 5.41 Å². The molecule has 2 aromatic rings. The van der Waals surface area contributed by atoms with Gasteiger partial charge in [0.2, 0.25) is 0 Å². The number of hydrogen-bond donors (Lipinski definition) is 1. The van der Waals surface area contributed by atoms with Crippen LogP contribution in [0.5, 0.6) is 0 Å². The molecule has 1 heterocycles. The SMILES string of the molecule is CCC(C)(C)C(NC)c1cc2ccccc2o1. The van der Waals surface area contributed by atoms with Crippen molar-refractivity contribution in [3.05, 3.63) is 36.1 Å². The zero-order valence-electron chi connectivity index (χ0n) is 11.1. The number of nitrogens with one attached hydrogen (secondary N) is 1. The molecular formula is C15H21NO. The molecule has 0 saturated carbocycles. The maximum atomic E-state index is 5.95. The molecule has 1 aromatic carbocycles. The van der Waals surface area contributed by atoms with E-state index in [1.54, 1.807) is 0 Å².